The van der Waals surface area contributed by atoms with Crippen molar-refractivity contribution in [2.45, 2.75) is 13.0 Å². The molecule has 22 heavy (non-hydrogen) atoms. The number of carbonyl (C=O) groups is 2. The Balaban J connectivity index is 1.92. The van der Waals surface area contributed by atoms with E-state index in [9.17, 15) is 9.59 Å². The average Bonchev–Trinajstić information content (AvgIpc) is 2.52. The summed E-state index contributed by atoms with van der Waals surface area (Å²) < 4.78 is 4.94. The molecule has 0 aromatic heterocycles. The van der Waals surface area contributed by atoms with Gasteiger partial charge in [0, 0.05) is 18.7 Å². The first kappa shape index (κ1) is 16.0. The van der Waals surface area contributed by atoms with Crippen LogP contribution in [0.1, 0.15) is 17.3 Å². The van der Waals surface area contributed by atoms with Crippen LogP contribution < -0.4 is 10.6 Å². The Hall–Kier alpha value is -2.40. The van der Waals surface area contributed by atoms with Crippen molar-refractivity contribution in [2.75, 3.05) is 20.3 Å². The lowest BCUT2D eigenvalue weighted by atomic mass is 10.1. The van der Waals surface area contributed by atoms with Gasteiger partial charge in [-0.15, -0.1) is 0 Å². The molecule has 0 aliphatic rings. The van der Waals surface area contributed by atoms with E-state index in [2.05, 4.69) is 10.6 Å². The number of methoxy groups -OCH3 is 1. The fraction of sp³-hybridized carbons (Fsp3) is 0.294. The smallest absolute Gasteiger partial charge is 0.251 e. The van der Waals surface area contributed by atoms with Crippen LogP contribution in [0.15, 0.2) is 42.5 Å². The van der Waals surface area contributed by atoms with Gasteiger partial charge in [-0.1, -0.05) is 30.3 Å². The van der Waals surface area contributed by atoms with Crippen molar-refractivity contribution in [3.05, 3.63) is 48.0 Å². The highest BCUT2D eigenvalue weighted by Crippen LogP contribution is 2.15. The van der Waals surface area contributed by atoms with Gasteiger partial charge in [-0.05, 0) is 29.8 Å². The van der Waals surface area contributed by atoms with Crippen LogP contribution >= 0.6 is 0 Å². The quantitative estimate of drug-likeness (QED) is 0.853. The third-order valence-electron chi connectivity index (χ3n) is 3.25. The summed E-state index contributed by atoms with van der Waals surface area (Å²) in [7, 11) is 1.57. The molecule has 2 aromatic rings. The number of hydrogen-bond donors (Lipinski definition) is 2. The van der Waals surface area contributed by atoms with Gasteiger partial charge in [0.05, 0.1) is 13.2 Å². The lowest BCUT2D eigenvalue weighted by Gasteiger charge is -2.13. The third kappa shape index (κ3) is 4.30. The van der Waals surface area contributed by atoms with Gasteiger partial charge < -0.3 is 15.4 Å². The van der Waals surface area contributed by atoms with E-state index in [1.165, 1.54) is 0 Å². The molecule has 0 heterocycles. The molecule has 0 radical (unpaired) electrons. The zero-order valence-corrected chi connectivity index (χ0v) is 12.8. The molecule has 0 aliphatic heterocycles. The summed E-state index contributed by atoms with van der Waals surface area (Å²) in [6.07, 6.45) is 0. The number of amides is 2. The van der Waals surface area contributed by atoms with E-state index in [1.54, 1.807) is 13.2 Å². The Bertz CT molecular complexity index is 670. The van der Waals surface area contributed by atoms with Crippen LogP contribution in [0.4, 0.5) is 0 Å². The number of ether oxygens (including phenoxy) is 1. The van der Waals surface area contributed by atoms with Crippen molar-refractivity contribution >= 4 is 22.6 Å². The van der Waals surface area contributed by atoms with Crippen LogP contribution in [0.25, 0.3) is 10.8 Å². The molecule has 2 aromatic carbocycles. The van der Waals surface area contributed by atoms with Gasteiger partial charge in [-0.25, -0.2) is 0 Å². The number of benzene rings is 2. The van der Waals surface area contributed by atoms with Gasteiger partial charge in [0.2, 0.25) is 5.91 Å². The van der Waals surface area contributed by atoms with E-state index in [0.717, 1.165) is 10.8 Å². The van der Waals surface area contributed by atoms with Crippen molar-refractivity contribution in [2.24, 2.45) is 0 Å². The molecule has 0 saturated carbocycles. The normalized spacial score (nSPS) is 11.9. The summed E-state index contributed by atoms with van der Waals surface area (Å²) in [5.74, 6) is -0.501. The second-order valence-corrected chi connectivity index (χ2v) is 5.17. The van der Waals surface area contributed by atoms with Gasteiger partial charge >= 0.3 is 0 Å². The average molecular weight is 300 g/mol. The van der Waals surface area contributed by atoms with Gasteiger partial charge in [0.15, 0.2) is 0 Å². The maximum absolute atomic E-state index is 12.1. The summed E-state index contributed by atoms with van der Waals surface area (Å²) in [6, 6.07) is 13.2. The highest BCUT2D eigenvalue weighted by Gasteiger charge is 2.10. The fourth-order valence-electron chi connectivity index (χ4n) is 2.21. The second kappa shape index (κ2) is 7.56. The first-order chi connectivity index (χ1) is 10.6. The first-order valence-electron chi connectivity index (χ1n) is 7.15. The van der Waals surface area contributed by atoms with Crippen molar-refractivity contribution in [3.63, 3.8) is 0 Å². The molecular formula is C17H20N2O3. The molecule has 1 atom stereocenters. The first-order valence-corrected chi connectivity index (χ1v) is 7.15. The van der Waals surface area contributed by atoms with E-state index in [0.29, 0.717) is 12.2 Å². The lowest BCUT2D eigenvalue weighted by molar-refractivity contribution is -0.121. The van der Waals surface area contributed by atoms with Crippen LogP contribution in [0, 0.1) is 0 Å². The molecule has 0 spiro atoms. The molecular weight excluding hydrogens is 280 g/mol. The maximum Gasteiger partial charge on any atom is 0.251 e. The number of rotatable bonds is 6. The van der Waals surface area contributed by atoms with E-state index in [-0.39, 0.29) is 24.4 Å². The monoisotopic (exact) mass is 300 g/mol. The highest BCUT2D eigenvalue weighted by molar-refractivity contribution is 5.99. The minimum atomic E-state index is -0.264. The molecule has 5 heteroatoms. The highest BCUT2D eigenvalue weighted by atomic mass is 16.5. The summed E-state index contributed by atoms with van der Waals surface area (Å²) in [5, 5.41) is 7.43. The van der Waals surface area contributed by atoms with Crippen LogP contribution in [-0.4, -0.2) is 38.1 Å². The van der Waals surface area contributed by atoms with Gasteiger partial charge in [-0.2, -0.15) is 0 Å². The summed E-state index contributed by atoms with van der Waals surface area (Å²) in [4.78, 5) is 23.8. The largest absolute Gasteiger partial charge is 0.383 e. The minimum Gasteiger partial charge on any atom is -0.383 e. The van der Waals surface area contributed by atoms with Crippen LogP contribution in [0.3, 0.4) is 0 Å². The van der Waals surface area contributed by atoms with Gasteiger partial charge in [0.25, 0.3) is 5.91 Å². The molecule has 5 nitrogen and oxygen atoms in total. The molecule has 2 amide bonds. The van der Waals surface area contributed by atoms with Crippen molar-refractivity contribution < 1.29 is 14.3 Å². The number of carbonyl (C=O) groups excluding carboxylic acids is 2. The number of hydrogen-bond acceptors (Lipinski definition) is 3. The van der Waals surface area contributed by atoms with Crippen LogP contribution in [-0.2, 0) is 9.53 Å². The van der Waals surface area contributed by atoms with E-state index in [1.807, 2.05) is 43.3 Å². The Morgan fingerprint density at radius 1 is 1.14 bits per heavy atom. The molecule has 2 N–H and O–H groups in total. The third-order valence-corrected chi connectivity index (χ3v) is 3.25. The van der Waals surface area contributed by atoms with E-state index < -0.39 is 0 Å². The van der Waals surface area contributed by atoms with Gasteiger partial charge in [-0.3, -0.25) is 9.59 Å². The van der Waals surface area contributed by atoms with Crippen molar-refractivity contribution in [3.8, 4) is 0 Å². The Morgan fingerprint density at radius 3 is 2.59 bits per heavy atom. The molecule has 0 fully saturated rings. The summed E-state index contributed by atoms with van der Waals surface area (Å²) in [5.41, 5.74) is 0.538. The zero-order chi connectivity index (χ0) is 15.9. The SMILES string of the molecule is COC[C@H](C)NC(=O)CNC(=O)c1ccc2ccccc2c1. The second-order valence-electron chi connectivity index (χ2n) is 5.17. The van der Waals surface area contributed by atoms with Crippen LogP contribution in [0.2, 0.25) is 0 Å². The van der Waals surface area contributed by atoms with Crippen molar-refractivity contribution in [1.82, 2.24) is 10.6 Å². The lowest BCUT2D eigenvalue weighted by Crippen LogP contribution is -2.42. The zero-order valence-electron chi connectivity index (χ0n) is 12.8. The molecule has 0 unspecified atom stereocenters. The van der Waals surface area contributed by atoms with E-state index in [4.69, 9.17) is 4.74 Å². The molecule has 0 bridgehead atoms. The standard InChI is InChI=1S/C17H20N2O3/c1-12(11-22-2)19-16(20)10-18-17(21)15-8-7-13-5-3-4-6-14(13)9-15/h3-9,12H,10-11H2,1-2H3,(H,18,21)(H,19,20)/t12-/m0/s1. The number of nitrogens with one attached hydrogen (secondary N) is 2. The molecule has 0 aliphatic carbocycles. The maximum atomic E-state index is 12.1. The summed E-state index contributed by atoms with van der Waals surface area (Å²) in [6.45, 7) is 2.22. The number of fused-ring (bicyclic) bond motifs is 1. The molecule has 2 rings (SSSR count). The fourth-order valence-corrected chi connectivity index (χ4v) is 2.21. The molecule has 0 saturated heterocycles. The van der Waals surface area contributed by atoms with Crippen molar-refractivity contribution in [1.29, 1.82) is 0 Å². The van der Waals surface area contributed by atoms with E-state index >= 15 is 0 Å². The molecule has 116 valence electrons. The Morgan fingerprint density at radius 2 is 1.86 bits per heavy atom. The predicted octanol–water partition coefficient (Wildman–Crippen LogP) is 1.72. The summed E-state index contributed by atoms with van der Waals surface area (Å²) >= 11 is 0. The predicted molar refractivity (Wildman–Crippen MR) is 85.8 cm³/mol. The Kier molecular flexibility index (Phi) is 5.49. The topological polar surface area (TPSA) is 67.4 Å². The van der Waals surface area contributed by atoms with Gasteiger partial charge in [0.1, 0.15) is 0 Å². The van der Waals surface area contributed by atoms with Crippen LogP contribution in [0.5, 0.6) is 0 Å². The minimum absolute atomic E-state index is 0.0558. The Labute approximate surface area is 129 Å².